The van der Waals surface area contributed by atoms with E-state index in [-0.39, 0.29) is 11.9 Å². The summed E-state index contributed by atoms with van der Waals surface area (Å²) in [6, 6.07) is 5.76. The lowest BCUT2D eigenvalue weighted by molar-refractivity contribution is 0.147. The molecule has 0 fully saturated rings. The van der Waals surface area contributed by atoms with Gasteiger partial charge in [-0.25, -0.2) is 15.0 Å². The Bertz CT molecular complexity index is 1040. The lowest BCUT2D eigenvalue weighted by atomic mass is 10.2. The third-order valence-electron chi connectivity index (χ3n) is 4.23. The van der Waals surface area contributed by atoms with Gasteiger partial charge in [-0.2, -0.15) is 0 Å². The summed E-state index contributed by atoms with van der Waals surface area (Å²) in [5.41, 5.74) is 7.77. The number of anilines is 1. The Balaban J connectivity index is 2.01. The summed E-state index contributed by atoms with van der Waals surface area (Å²) < 4.78 is 7.16. The van der Waals surface area contributed by atoms with Crippen LogP contribution in [0.1, 0.15) is 19.4 Å². The largest absolute Gasteiger partial charge is 0.497 e. The fraction of sp³-hybridized carbons (Fsp3) is 0.350. The zero-order valence-electron chi connectivity index (χ0n) is 16.6. The number of rotatable bonds is 8. The van der Waals surface area contributed by atoms with Crippen molar-refractivity contribution in [2.45, 2.75) is 42.6 Å². The molecular formula is C20H24N6O2S. The second kappa shape index (κ2) is 9.13. The van der Waals surface area contributed by atoms with Crippen LogP contribution in [-0.2, 0) is 6.54 Å². The minimum absolute atomic E-state index is 0.269. The first-order chi connectivity index (χ1) is 13.9. The Morgan fingerprint density at radius 2 is 2.17 bits per heavy atom. The molecule has 3 aromatic rings. The van der Waals surface area contributed by atoms with Gasteiger partial charge in [-0.05, 0) is 18.2 Å². The van der Waals surface area contributed by atoms with Crippen molar-refractivity contribution in [3.05, 3.63) is 30.1 Å². The van der Waals surface area contributed by atoms with E-state index in [0.717, 1.165) is 10.5 Å². The van der Waals surface area contributed by atoms with Crippen LogP contribution < -0.4 is 15.8 Å². The maximum atomic E-state index is 10.5. The molecule has 2 aromatic heterocycles. The van der Waals surface area contributed by atoms with Gasteiger partial charge < -0.3 is 25.5 Å². The van der Waals surface area contributed by atoms with Crippen LogP contribution in [-0.4, -0.2) is 50.4 Å². The van der Waals surface area contributed by atoms with Gasteiger partial charge in [0.15, 0.2) is 22.1 Å². The van der Waals surface area contributed by atoms with Crippen molar-refractivity contribution < 1.29 is 9.84 Å². The van der Waals surface area contributed by atoms with E-state index in [1.165, 1.54) is 18.1 Å². The fourth-order valence-electron chi connectivity index (χ4n) is 2.76. The average molecular weight is 413 g/mol. The highest BCUT2D eigenvalue weighted by atomic mass is 32.2. The van der Waals surface area contributed by atoms with Gasteiger partial charge in [-0.3, -0.25) is 0 Å². The number of aliphatic hydroxyl groups excluding tert-OH is 1. The third kappa shape index (κ3) is 4.79. The van der Waals surface area contributed by atoms with Crippen molar-refractivity contribution in [1.82, 2.24) is 24.8 Å². The standard InChI is InChI=1S/C20H24N6O2S/c1-5-13-6-7-15(28-4)8-16(13)29-20-25-17-18(21)23-11-24-19(17)26(20)10-14(27)9-22-12(2)3/h1,6-8,11-12,14,22,27H,9-10H2,2-4H3,(H2,21,23,24). The molecule has 1 unspecified atom stereocenters. The van der Waals surface area contributed by atoms with Gasteiger partial charge in [0.25, 0.3) is 0 Å². The van der Waals surface area contributed by atoms with Crippen molar-refractivity contribution in [2.75, 3.05) is 19.4 Å². The normalized spacial score (nSPS) is 12.3. The van der Waals surface area contributed by atoms with Crippen LogP contribution in [0, 0.1) is 12.3 Å². The third-order valence-corrected chi connectivity index (χ3v) is 5.28. The van der Waals surface area contributed by atoms with E-state index in [4.69, 9.17) is 16.9 Å². The van der Waals surface area contributed by atoms with Crippen molar-refractivity contribution >= 4 is 28.7 Å². The molecule has 4 N–H and O–H groups in total. The first kappa shape index (κ1) is 20.9. The molecule has 9 heteroatoms. The molecule has 0 amide bonds. The summed E-state index contributed by atoms with van der Waals surface area (Å²) in [5, 5.41) is 14.4. The van der Waals surface area contributed by atoms with E-state index in [1.807, 2.05) is 36.6 Å². The predicted octanol–water partition coefficient (Wildman–Crippen LogP) is 1.91. The van der Waals surface area contributed by atoms with Crippen molar-refractivity contribution in [3.8, 4) is 18.1 Å². The van der Waals surface area contributed by atoms with Crippen LogP contribution >= 0.6 is 11.8 Å². The Hall–Kier alpha value is -2.80. The Labute approximate surface area is 173 Å². The molecule has 0 saturated heterocycles. The molecule has 0 spiro atoms. The molecule has 3 rings (SSSR count). The first-order valence-electron chi connectivity index (χ1n) is 9.13. The van der Waals surface area contributed by atoms with Crippen LogP contribution in [0.5, 0.6) is 5.75 Å². The second-order valence-corrected chi connectivity index (χ2v) is 7.77. The van der Waals surface area contributed by atoms with E-state index in [2.05, 4.69) is 26.2 Å². The molecule has 1 atom stereocenters. The number of nitrogens with two attached hydrogens (primary N) is 1. The summed E-state index contributed by atoms with van der Waals surface area (Å²) in [6.07, 6.45) is 6.41. The van der Waals surface area contributed by atoms with Gasteiger partial charge in [-0.15, -0.1) is 6.42 Å². The molecule has 2 heterocycles. The lowest BCUT2D eigenvalue weighted by Crippen LogP contribution is -2.34. The van der Waals surface area contributed by atoms with Gasteiger partial charge in [0.1, 0.15) is 12.1 Å². The highest BCUT2D eigenvalue weighted by Gasteiger charge is 2.19. The number of fused-ring (bicyclic) bond motifs is 1. The lowest BCUT2D eigenvalue weighted by Gasteiger charge is -2.16. The summed E-state index contributed by atoms with van der Waals surface area (Å²) in [4.78, 5) is 13.8. The minimum atomic E-state index is -0.636. The number of hydrogen-bond donors (Lipinski definition) is 3. The fourth-order valence-corrected chi connectivity index (χ4v) is 3.77. The molecule has 0 aliphatic heterocycles. The molecule has 8 nitrogen and oxygen atoms in total. The monoisotopic (exact) mass is 412 g/mol. The van der Waals surface area contributed by atoms with Gasteiger partial charge in [0.2, 0.25) is 0 Å². The molecule has 0 aliphatic carbocycles. The maximum absolute atomic E-state index is 10.5. The number of ether oxygens (including phenoxy) is 1. The highest BCUT2D eigenvalue weighted by Crippen LogP contribution is 2.34. The molecule has 152 valence electrons. The molecular weight excluding hydrogens is 388 g/mol. The van der Waals surface area contributed by atoms with Crippen LogP contribution in [0.25, 0.3) is 11.2 Å². The van der Waals surface area contributed by atoms with E-state index in [1.54, 1.807) is 7.11 Å². The SMILES string of the molecule is C#Cc1ccc(OC)cc1Sc1nc2c(N)ncnc2n1CC(O)CNC(C)C. The number of benzene rings is 1. The number of terminal acetylenes is 1. The summed E-state index contributed by atoms with van der Waals surface area (Å²) in [6.45, 7) is 4.79. The van der Waals surface area contributed by atoms with Gasteiger partial charge in [0, 0.05) is 23.0 Å². The molecule has 29 heavy (non-hydrogen) atoms. The number of imidazole rings is 1. The molecule has 0 saturated carbocycles. The predicted molar refractivity (Wildman–Crippen MR) is 114 cm³/mol. The maximum Gasteiger partial charge on any atom is 0.175 e. The topological polar surface area (TPSA) is 111 Å². The van der Waals surface area contributed by atoms with Crippen molar-refractivity contribution in [3.63, 3.8) is 0 Å². The van der Waals surface area contributed by atoms with Crippen LogP contribution in [0.15, 0.2) is 34.6 Å². The Morgan fingerprint density at radius 1 is 1.38 bits per heavy atom. The Morgan fingerprint density at radius 3 is 2.86 bits per heavy atom. The molecule has 0 bridgehead atoms. The average Bonchev–Trinajstić information content (AvgIpc) is 3.05. The number of hydrogen-bond acceptors (Lipinski definition) is 8. The minimum Gasteiger partial charge on any atom is -0.497 e. The number of aromatic nitrogens is 4. The zero-order chi connectivity index (χ0) is 21.0. The first-order valence-corrected chi connectivity index (χ1v) is 9.95. The van der Waals surface area contributed by atoms with Gasteiger partial charge >= 0.3 is 0 Å². The molecule has 0 radical (unpaired) electrons. The van der Waals surface area contributed by atoms with Crippen LogP contribution in [0.2, 0.25) is 0 Å². The number of nitrogens with zero attached hydrogens (tertiary/aromatic N) is 4. The summed E-state index contributed by atoms with van der Waals surface area (Å²) in [5.74, 6) is 3.65. The second-order valence-electron chi connectivity index (χ2n) is 6.76. The van der Waals surface area contributed by atoms with Crippen molar-refractivity contribution in [2.24, 2.45) is 0 Å². The quantitative estimate of drug-likeness (QED) is 0.481. The van der Waals surface area contributed by atoms with Crippen molar-refractivity contribution in [1.29, 1.82) is 0 Å². The summed E-state index contributed by atoms with van der Waals surface area (Å²) in [7, 11) is 1.60. The molecule has 0 aliphatic rings. The van der Waals surface area contributed by atoms with Gasteiger partial charge in [0.05, 0.1) is 19.8 Å². The van der Waals surface area contributed by atoms with Crippen LogP contribution in [0.4, 0.5) is 5.82 Å². The number of aliphatic hydroxyl groups is 1. The van der Waals surface area contributed by atoms with Crippen LogP contribution in [0.3, 0.4) is 0 Å². The van der Waals surface area contributed by atoms with E-state index in [9.17, 15) is 5.11 Å². The van der Waals surface area contributed by atoms with Gasteiger partial charge in [-0.1, -0.05) is 31.5 Å². The van der Waals surface area contributed by atoms with E-state index in [0.29, 0.717) is 35.2 Å². The highest BCUT2D eigenvalue weighted by molar-refractivity contribution is 7.99. The number of methoxy groups -OCH3 is 1. The number of nitrogens with one attached hydrogen (secondary N) is 1. The Kier molecular flexibility index (Phi) is 6.59. The molecule has 1 aromatic carbocycles. The zero-order valence-corrected chi connectivity index (χ0v) is 17.4. The van der Waals surface area contributed by atoms with E-state index >= 15 is 0 Å². The summed E-state index contributed by atoms with van der Waals surface area (Å²) >= 11 is 1.37. The smallest absolute Gasteiger partial charge is 0.175 e. The van der Waals surface area contributed by atoms with E-state index < -0.39 is 6.10 Å². The number of nitrogen functional groups attached to an aromatic ring is 1.